The molecule has 2 unspecified atom stereocenters. The van der Waals surface area contributed by atoms with E-state index in [-0.39, 0.29) is 17.7 Å². The van der Waals surface area contributed by atoms with Gasteiger partial charge in [0.2, 0.25) is 0 Å². The van der Waals surface area contributed by atoms with Gasteiger partial charge in [-0.2, -0.15) is 0 Å². The molecule has 0 bridgehead atoms. The number of Topliss-reactive ketones (excluding diaryl/α,β-unsaturated/α-hetero) is 2. The standard InChI is InChI=1S/C31H46O2.C28H46O/c1-22(2)12-9-13-23(3)14-10-15-24(4)16-11-17-25(5)20-21-27-26(6)30(32)28-18-7-8-19-29(28)31(27)33;1-19(2)20(3)9-10-22(5)26-15-16-27-23(8-7-17-28(26,27)6)12-13-24-18-25(29)14-11-21(24)4/h7-8,18-20,22-24H,9-17,21H2,1-6H3;9-10,12-13,19-22,25-27,29H,7-8,11,14-18H2,1-6H3/b;10-9+,23-12+,24-13+/t;20-,21-,22+,25-,26+,27-,28+/m.0/s1. The Morgan fingerprint density at radius 3 is 2.05 bits per heavy atom. The second-order valence-corrected chi connectivity index (χ2v) is 22.2. The van der Waals surface area contributed by atoms with E-state index in [1.54, 1.807) is 24.6 Å². The second kappa shape index (κ2) is 25.1. The molecule has 1 aromatic carbocycles. The van der Waals surface area contributed by atoms with Crippen molar-refractivity contribution >= 4 is 11.6 Å². The Hall–Kier alpha value is -2.78. The summed E-state index contributed by atoms with van der Waals surface area (Å²) in [5.74, 6) is 6.76. The second-order valence-electron chi connectivity index (χ2n) is 22.2. The molecule has 3 fully saturated rings. The molecule has 4 aliphatic carbocycles. The lowest BCUT2D eigenvalue weighted by Crippen LogP contribution is -2.35. The molecular weight excluding hydrogens is 757 g/mol. The summed E-state index contributed by atoms with van der Waals surface area (Å²) >= 11 is 0. The Kier molecular flexibility index (Phi) is 21.0. The van der Waals surface area contributed by atoms with Gasteiger partial charge in [-0.05, 0) is 143 Å². The average molecular weight is 849 g/mol. The Morgan fingerprint density at radius 1 is 0.790 bits per heavy atom. The third-order valence-corrected chi connectivity index (χ3v) is 16.3. The van der Waals surface area contributed by atoms with Crippen molar-refractivity contribution in [1.82, 2.24) is 0 Å². The van der Waals surface area contributed by atoms with Gasteiger partial charge in [0.05, 0.1) is 6.10 Å². The van der Waals surface area contributed by atoms with Crippen molar-refractivity contribution in [2.75, 3.05) is 0 Å². The van der Waals surface area contributed by atoms with Gasteiger partial charge in [-0.1, -0.05) is 186 Å². The third-order valence-electron chi connectivity index (χ3n) is 16.3. The molecule has 3 saturated carbocycles. The average Bonchev–Trinajstić information content (AvgIpc) is 3.59. The van der Waals surface area contributed by atoms with E-state index in [1.807, 2.05) is 12.1 Å². The Morgan fingerprint density at radius 2 is 1.40 bits per heavy atom. The van der Waals surface area contributed by atoms with Crippen LogP contribution in [0.3, 0.4) is 0 Å². The van der Waals surface area contributed by atoms with Gasteiger partial charge in [0.25, 0.3) is 0 Å². The number of aliphatic hydroxyl groups excluding tert-OH is 1. The van der Waals surface area contributed by atoms with Crippen LogP contribution in [-0.2, 0) is 0 Å². The first kappa shape index (κ1) is 51.9. The van der Waals surface area contributed by atoms with E-state index in [4.69, 9.17) is 0 Å². The summed E-state index contributed by atoms with van der Waals surface area (Å²) in [6, 6.07) is 7.18. The minimum absolute atomic E-state index is 0.00526. The number of ketones is 2. The fourth-order valence-corrected chi connectivity index (χ4v) is 11.4. The molecule has 0 spiro atoms. The number of allylic oxidation sites excluding steroid dienone is 9. The maximum atomic E-state index is 12.9. The molecule has 1 aromatic rings. The molecule has 62 heavy (non-hydrogen) atoms. The summed E-state index contributed by atoms with van der Waals surface area (Å²) in [6.45, 7) is 27.8. The van der Waals surface area contributed by atoms with E-state index in [1.165, 1.54) is 94.6 Å². The fourth-order valence-electron chi connectivity index (χ4n) is 11.4. The van der Waals surface area contributed by atoms with Crippen LogP contribution in [0.5, 0.6) is 0 Å². The number of hydrogen-bond donors (Lipinski definition) is 1. The summed E-state index contributed by atoms with van der Waals surface area (Å²) in [4.78, 5) is 25.5. The lowest BCUT2D eigenvalue weighted by atomic mass is 9.61. The van der Waals surface area contributed by atoms with Gasteiger partial charge in [0.1, 0.15) is 0 Å². The quantitative estimate of drug-likeness (QED) is 0.141. The maximum absolute atomic E-state index is 12.9. The van der Waals surface area contributed by atoms with E-state index in [0.717, 1.165) is 61.2 Å². The van der Waals surface area contributed by atoms with Crippen LogP contribution in [0.2, 0.25) is 0 Å². The number of carbonyl (C=O) groups excluding carboxylic acids is 2. The topological polar surface area (TPSA) is 54.4 Å². The summed E-state index contributed by atoms with van der Waals surface area (Å²) in [5.41, 5.74) is 7.32. The highest BCUT2D eigenvalue weighted by Gasteiger charge is 2.50. The first-order chi connectivity index (χ1) is 29.4. The Labute approximate surface area is 381 Å². The van der Waals surface area contributed by atoms with Crippen molar-refractivity contribution in [2.45, 2.75) is 205 Å². The summed E-state index contributed by atoms with van der Waals surface area (Å²) in [5, 5.41) is 10.1. The minimum Gasteiger partial charge on any atom is -0.393 e. The molecule has 0 amide bonds. The molecule has 4 aliphatic rings. The number of rotatable bonds is 19. The minimum atomic E-state index is -0.121. The van der Waals surface area contributed by atoms with Crippen LogP contribution >= 0.6 is 0 Å². The van der Waals surface area contributed by atoms with Gasteiger partial charge in [-0.3, -0.25) is 9.59 Å². The van der Waals surface area contributed by atoms with Crippen molar-refractivity contribution in [2.24, 2.45) is 58.7 Å². The van der Waals surface area contributed by atoms with Crippen LogP contribution in [0.1, 0.15) is 219 Å². The molecule has 1 N–H and O–H groups in total. The fraction of sp³-hybridized carbons (Fsp3) is 0.695. The van der Waals surface area contributed by atoms with Crippen LogP contribution in [0.25, 0.3) is 0 Å². The van der Waals surface area contributed by atoms with Crippen LogP contribution in [0.4, 0.5) is 0 Å². The lowest BCUT2D eigenvalue weighted by molar-refractivity contribution is 0.0973. The predicted octanol–water partition coefficient (Wildman–Crippen LogP) is 16.9. The lowest BCUT2D eigenvalue weighted by Gasteiger charge is -2.44. The molecule has 3 nitrogen and oxygen atoms in total. The SMILES string of the molecule is CC(=CCC1=C(C)C(=O)c2ccccc2C1=O)CCCC(C)CCCC(C)CCCC(C)C.CC(C)[C@@H](C)/C=C/[C@@H](C)[C@H]1CC[C@H]2/C(=C/C=C3\C[C@@H](O)CC[C@@H]3C)CCC[C@]12C. The zero-order valence-corrected chi connectivity index (χ0v) is 42.0. The summed E-state index contributed by atoms with van der Waals surface area (Å²) in [6.07, 6.45) is 33.9. The molecule has 3 heteroatoms. The van der Waals surface area contributed by atoms with Gasteiger partial charge in [-0.15, -0.1) is 0 Å². The van der Waals surface area contributed by atoms with E-state index < -0.39 is 0 Å². The van der Waals surface area contributed by atoms with E-state index >= 15 is 0 Å². The first-order valence-electron chi connectivity index (χ1n) is 25.7. The van der Waals surface area contributed by atoms with Gasteiger partial charge < -0.3 is 5.11 Å². The highest BCUT2D eigenvalue weighted by molar-refractivity contribution is 6.26. The highest BCUT2D eigenvalue weighted by Crippen LogP contribution is 2.59. The van der Waals surface area contributed by atoms with Crippen molar-refractivity contribution in [3.8, 4) is 0 Å². The number of benzene rings is 1. The van der Waals surface area contributed by atoms with Crippen molar-refractivity contribution in [3.63, 3.8) is 0 Å². The maximum Gasteiger partial charge on any atom is 0.190 e. The smallest absolute Gasteiger partial charge is 0.190 e. The van der Waals surface area contributed by atoms with Crippen molar-refractivity contribution in [3.05, 3.63) is 93.6 Å². The highest BCUT2D eigenvalue weighted by atomic mass is 16.3. The van der Waals surface area contributed by atoms with Gasteiger partial charge in [-0.25, -0.2) is 0 Å². The molecule has 346 valence electrons. The monoisotopic (exact) mass is 849 g/mol. The van der Waals surface area contributed by atoms with E-state index in [9.17, 15) is 14.7 Å². The van der Waals surface area contributed by atoms with Crippen LogP contribution in [0, 0.1) is 58.7 Å². The number of carbonyl (C=O) groups is 2. The Balaban J connectivity index is 0.000000275. The zero-order chi connectivity index (χ0) is 45.6. The van der Waals surface area contributed by atoms with Crippen molar-refractivity contribution in [1.29, 1.82) is 0 Å². The molecule has 0 radical (unpaired) electrons. The van der Waals surface area contributed by atoms with E-state index in [0.29, 0.717) is 51.9 Å². The van der Waals surface area contributed by atoms with Gasteiger partial charge >= 0.3 is 0 Å². The zero-order valence-electron chi connectivity index (χ0n) is 42.0. The molecule has 0 heterocycles. The first-order valence-corrected chi connectivity index (χ1v) is 25.7. The number of aliphatic hydroxyl groups is 1. The molecule has 5 rings (SSSR count). The molecule has 0 saturated heterocycles. The number of hydrogen-bond acceptors (Lipinski definition) is 3. The predicted molar refractivity (Wildman–Crippen MR) is 267 cm³/mol. The molecule has 0 aliphatic heterocycles. The molecule has 9 atom stereocenters. The van der Waals surface area contributed by atoms with Crippen LogP contribution in [0.15, 0.2) is 82.5 Å². The third kappa shape index (κ3) is 14.9. The normalized spacial score (nSPS) is 27.8. The van der Waals surface area contributed by atoms with Crippen molar-refractivity contribution < 1.29 is 14.7 Å². The summed E-state index contributed by atoms with van der Waals surface area (Å²) in [7, 11) is 0. The van der Waals surface area contributed by atoms with E-state index in [2.05, 4.69) is 107 Å². The number of fused-ring (bicyclic) bond motifs is 2. The van der Waals surface area contributed by atoms with Crippen LogP contribution < -0.4 is 0 Å². The molecular formula is C59H92O3. The Bertz CT molecular complexity index is 1750. The molecule has 0 aromatic heterocycles. The summed E-state index contributed by atoms with van der Waals surface area (Å²) < 4.78 is 0. The van der Waals surface area contributed by atoms with Crippen LogP contribution in [-0.4, -0.2) is 22.8 Å². The van der Waals surface area contributed by atoms with Gasteiger partial charge in [0.15, 0.2) is 11.6 Å². The largest absolute Gasteiger partial charge is 0.393 e. The van der Waals surface area contributed by atoms with Gasteiger partial charge in [0, 0.05) is 22.3 Å².